The minimum Gasteiger partial charge on any atom is -0.372 e. The van der Waals surface area contributed by atoms with Crippen LogP contribution < -0.4 is 20.4 Å². The summed E-state index contributed by atoms with van der Waals surface area (Å²) in [6.45, 7) is 10.5. The van der Waals surface area contributed by atoms with Gasteiger partial charge in [0.25, 0.3) is 0 Å². The summed E-state index contributed by atoms with van der Waals surface area (Å²) in [5.41, 5.74) is 9.46. The lowest BCUT2D eigenvalue weighted by molar-refractivity contribution is -0.111. The van der Waals surface area contributed by atoms with Gasteiger partial charge in [-0.3, -0.25) is 4.79 Å². The summed E-state index contributed by atoms with van der Waals surface area (Å²) in [4.78, 5) is 29.1. The van der Waals surface area contributed by atoms with E-state index in [0.717, 1.165) is 79.4 Å². The number of amides is 1. The number of aryl methyl sites for hydroxylation is 3. The van der Waals surface area contributed by atoms with Crippen LogP contribution in [0.3, 0.4) is 0 Å². The van der Waals surface area contributed by atoms with Crippen molar-refractivity contribution in [3.8, 4) is 11.3 Å². The molecule has 224 valence electrons. The molecule has 0 atom stereocenters. The van der Waals surface area contributed by atoms with E-state index in [1.807, 2.05) is 19.3 Å². The van der Waals surface area contributed by atoms with E-state index >= 15 is 0 Å². The zero-order valence-electron chi connectivity index (χ0n) is 25.8. The van der Waals surface area contributed by atoms with Crippen molar-refractivity contribution in [3.63, 3.8) is 0 Å². The number of nitrogens with one attached hydrogen (secondary N) is 2. The van der Waals surface area contributed by atoms with Gasteiger partial charge in [-0.25, -0.2) is 9.97 Å². The number of nitrogens with zero attached hydrogens (tertiary/aromatic N) is 6. The van der Waals surface area contributed by atoms with Crippen molar-refractivity contribution in [2.75, 3.05) is 67.8 Å². The molecule has 0 saturated carbocycles. The van der Waals surface area contributed by atoms with Crippen molar-refractivity contribution in [3.05, 3.63) is 66.5 Å². The third-order valence-electron chi connectivity index (χ3n) is 8.62. The van der Waals surface area contributed by atoms with E-state index in [2.05, 4.69) is 88.0 Å². The molecule has 0 radical (unpaired) electrons. The standard InChI is InChI=1S/C34H42N8O/c1-6-31(43)36-28-20-27(23(2)19-29(28)40(5)18-17-39(3)4)37-34-35-21-30(41-14-7-8-15-41)32(38-34)26-22-42-16-10-12-24-11-9-13-25(26)33(24)42/h6,9,11,13,19-22H,1,7-8,10,12,14-18H2,2-5H3,(H,36,43)(H,35,37,38). The van der Waals surface area contributed by atoms with Gasteiger partial charge >= 0.3 is 0 Å². The number of rotatable bonds is 10. The van der Waals surface area contributed by atoms with Crippen molar-refractivity contribution in [1.82, 2.24) is 19.4 Å². The average molecular weight is 579 g/mol. The van der Waals surface area contributed by atoms with Gasteiger partial charge in [0.15, 0.2) is 0 Å². The Morgan fingerprint density at radius 3 is 2.65 bits per heavy atom. The maximum atomic E-state index is 12.4. The van der Waals surface area contributed by atoms with E-state index in [-0.39, 0.29) is 5.91 Å². The summed E-state index contributed by atoms with van der Waals surface area (Å²) in [6, 6.07) is 10.7. The van der Waals surface area contributed by atoms with Crippen molar-refractivity contribution in [1.29, 1.82) is 0 Å². The molecule has 9 heteroatoms. The molecule has 0 bridgehead atoms. The van der Waals surface area contributed by atoms with E-state index in [4.69, 9.17) is 9.97 Å². The Morgan fingerprint density at radius 1 is 1.07 bits per heavy atom. The van der Waals surface area contributed by atoms with Crippen molar-refractivity contribution >= 4 is 45.5 Å². The lowest BCUT2D eigenvalue weighted by Gasteiger charge is -2.26. The molecule has 4 aromatic rings. The second-order valence-corrected chi connectivity index (χ2v) is 12.0. The first-order valence-corrected chi connectivity index (χ1v) is 15.3. The first kappa shape index (κ1) is 28.7. The van der Waals surface area contributed by atoms with E-state index in [1.165, 1.54) is 35.4 Å². The van der Waals surface area contributed by atoms with Gasteiger partial charge in [-0.15, -0.1) is 0 Å². The smallest absolute Gasteiger partial charge is 0.247 e. The van der Waals surface area contributed by atoms with E-state index in [0.29, 0.717) is 11.6 Å². The number of benzene rings is 2. The van der Waals surface area contributed by atoms with E-state index in [9.17, 15) is 4.79 Å². The minimum atomic E-state index is -0.251. The molecule has 0 spiro atoms. The molecule has 1 fully saturated rings. The summed E-state index contributed by atoms with van der Waals surface area (Å²) in [5, 5.41) is 7.74. The number of aromatic nitrogens is 3. The number of hydrogen-bond acceptors (Lipinski definition) is 7. The van der Waals surface area contributed by atoms with Gasteiger partial charge < -0.3 is 29.9 Å². The highest BCUT2D eigenvalue weighted by molar-refractivity contribution is 6.02. The molecule has 2 aromatic heterocycles. The molecule has 0 unspecified atom stereocenters. The largest absolute Gasteiger partial charge is 0.372 e. The third kappa shape index (κ3) is 5.82. The van der Waals surface area contributed by atoms with Crippen LogP contribution in [0.15, 0.2) is 55.4 Å². The van der Waals surface area contributed by atoms with Crippen LogP contribution in [-0.4, -0.2) is 72.7 Å². The van der Waals surface area contributed by atoms with Crippen LogP contribution in [-0.2, 0) is 17.8 Å². The second kappa shape index (κ2) is 12.1. The first-order valence-electron chi connectivity index (χ1n) is 15.3. The van der Waals surface area contributed by atoms with Gasteiger partial charge in [0.05, 0.1) is 28.8 Å². The van der Waals surface area contributed by atoms with Crippen LogP contribution in [0.25, 0.3) is 22.2 Å². The number of hydrogen-bond donors (Lipinski definition) is 2. The van der Waals surface area contributed by atoms with Crippen LogP contribution in [0, 0.1) is 6.92 Å². The molecule has 4 heterocycles. The SMILES string of the molecule is C=CC(=O)Nc1cc(Nc2ncc(N3CCCC3)c(-c3cn4c5c(cccc35)CCC4)n2)c(C)cc1N(C)CCN(C)C. The molecular weight excluding hydrogens is 536 g/mol. The highest BCUT2D eigenvalue weighted by atomic mass is 16.1. The van der Waals surface area contributed by atoms with Gasteiger partial charge in [0, 0.05) is 62.6 Å². The molecule has 43 heavy (non-hydrogen) atoms. The molecule has 2 N–H and O–H groups in total. The number of carbonyl (C=O) groups is 1. The first-order chi connectivity index (χ1) is 20.8. The van der Waals surface area contributed by atoms with Gasteiger partial charge in [0.1, 0.15) is 5.69 Å². The molecule has 1 amide bonds. The number of para-hydroxylation sites is 1. The van der Waals surface area contributed by atoms with Crippen molar-refractivity contribution in [2.24, 2.45) is 0 Å². The molecular formula is C34H42N8O. The summed E-state index contributed by atoms with van der Waals surface area (Å²) in [5.74, 6) is 0.279. The highest BCUT2D eigenvalue weighted by Crippen LogP contribution is 2.40. The zero-order valence-corrected chi connectivity index (χ0v) is 25.8. The molecule has 9 nitrogen and oxygen atoms in total. The Balaban J connectivity index is 1.40. The molecule has 6 rings (SSSR count). The number of carbonyl (C=O) groups excluding carboxylic acids is 1. The monoisotopic (exact) mass is 578 g/mol. The maximum Gasteiger partial charge on any atom is 0.247 e. The van der Waals surface area contributed by atoms with Gasteiger partial charge in [-0.1, -0.05) is 24.8 Å². The Morgan fingerprint density at radius 2 is 1.88 bits per heavy atom. The topological polar surface area (TPSA) is 81.6 Å². The second-order valence-electron chi connectivity index (χ2n) is 12.0. The fraction of sp³-hybridized carbons (Fsp3) is 0.382. The molecule has 2 aromatic carbocycles. The van der Waals surface area contributed by atoms with Crippen molar-refractivity contribution in [2.45, 2.75) is 39.2 Å². The predicted molar refractivity (Wildman–Crippen MR) is 178 cm³/mol. The van der Waals surface area contributed by atoms with Gasteiger partial charge in [-0.2, -0.15) is 0 Å². The van der Waals surface area contributed by atoms with Crippen LogP contribution >= 0.6 is 0 Å². The normalized spacial score (nSPS) is 14.4. The predicted octanol–water partition coefficient (Wildman–Crippen LogP) is 5.82. The number of likely N-dealkylation sites (N-methyl/N-ethyl adjacent to an activating group) is 2. The molecule has 2 aliphatic rings. The van der Waals surface area contributed by atoms with Crippen LogP contribution in [0.2, 0.25) is 0 Å². The maximum absolute atomic E-state index is 12.4. The third-order valence-corrected chi connectivity index (χ3v) is 8.62. The molecule has 1 saturated heterocycles. The van der Waals surface area contributed by atoms with Crippen molar-refractivity contribution < 1.29 is 4.79 Å². The number of anilines is 5. The lowest BCUT2D eigenvalue weighted by Crippen LogP contribution is -2.29. The summed E-state index contributed by atoms with van der Waals surface area (Å²) < 4.78 is 2.40. The van der Waals surface area contributed by atoms with Crippen LogP contribution in [0.1, 0.15) is 30.4 Å². The Labute approximate surface area is 254 Å². The Hall–Kier alpha value is -4.37. The summed E-state index contributed by atoms with van der Waals surface area (Å²) in [6.07, 6.45) is 10.2. The van der Waals surface area contributed by atoms with E-state index < -0.39 is 0 Å². The summed E-state index contributed by atoms with van der Waals surface area (Å²) >= 11 is 0. The van der Waals surface area contributed by atoms with Gasteiger partial charge in [0.2, 0.25) is 11.9 Å². The van der Waals surface area contributed by atoms with Crippen LogP contribution in [0.5, 0.6) is 0 Å². The Kier molecular flexibility index (Phi) is 8.08. The average Bonchev–Trinajstić information content (AvgIpc) is 3.67. The zero-order chi connectivity index (χ0) is 30.1. The lowest BCUT2D eigenvalue weighted by atomic mass is 10.0. The molecule has 0 aliphatic carbocycles. The highest BCUT2D eigenvalue weighted by Gasteiger charge is 2.24. The fourth-order valence-corrected chi connectivity index (χ4v) is 6.29. The van der Waals surface area contributed by atoms with Gasteiger partial charge in [-0.05, 0) is 76.0 Å². The van der Waals surface area contributed by atoms with Crippen LogP contribution in [0.4, 0.5) is 28.7 Å². The fourth-order valence-electron chi connectivity index (χ4n) is 6.29. The molecule has 2 aliphatic heterocycles. The van der Waals surface area contributed by atoms with E-state index in [1.54, 1.807) is 0 Å². The minimum absolute atomic E-state index is 0.251. The quantitative estimate of drug-likeness (QED) is 0.230. The summed E-state index contributed by atoms with van der Waals surface area (Å²) in [7, 11) is 6.15. The Bertz CT molecular complexity index is 1670.